The molecule has 1 aromatic heterocycles. The third-order valence-corrected chi connectivity index (χ3v) is 3.15. The van der Waals surface area contributed by atoms with Gasteiger partial charge in [0, 0.05) is 5.69 Å². The molecule has 1 heterocycles. The van der Waals surface area contributed by atoms with Crippen LogP contribution in [-0.2, 0) is 11.3 Å². The summed E-state index contributed by atoms with van der Waals surface area (Å²) in [6, 6.07) is 11.8. The van der Waals surface area contributed by atoms with Gasteiger partial charge in [-0.15, -0.1) is 0 Å². The van der Waals surface area contributed by atoms with Crippen LogP contribution in [-0.4, -0.2) is 21.4 Å². The Morgan fingerprint density at radius 1 is 1.29 bits per heavy atom. The van der Waals surface area contributed by atoms with Gasteiger partial charge in [0.05, 0.1) is 11.4 Å². The Morgan fingerprint density at radius 2 is 2.00 bits per heavy atom. The van der Waals surface area contributed by atoms with Crippen LogP contribution in [0.15, 0.2) is 41.5 Å². The maximum Gasteiger partial charge on any atom is 0.261 e. The Labute approximate surface area is 124 Å². The lowest BCUT2D eigenvalue weighted by atomic mass is 10.1. The molecule has 0 aliphatic rings. The molecule has 0 spiro atoms. The normalized spacial score (nSPS) is 11.5. The molecule has 0 saturated heterocycles. The van der Waals surface area contributed by atoms with Gasteiger partial charge in [0.25, 0.3) is 5.91 Å². The summed E-state index contributed by atoms with van der Waals surface area (Å²) in [7, 11) is 0. The molecule has 2 rings (SSSR count). The highest BCUT2D eigenvalue weighted by molar-refractivity contribution is 6.00. The van der Waals surface area contributed by atoms with Gasteiger partial charge >= 0.3 is 0 Å². The maximum absolute atomic E-state index is 11.9. The van der Waals surface area contributed by atoms with Crippen molar-refractivity contribution < 1.29 is 4.79 Å². The number of rotatable bonds is 5. The average molecular weight is 284 g/mol. The summed E-state index contributed by atoms with van der Waals surface area (Å²) < 4.78 is 1.67. The second-order valence-electron chi connectivity index (χ2n) is 4.90. The van der Waals surface area contributed by atoms with Crippen LogP contribution in [0.25, 0.3) is 0 Å². The monoisotopic (exact) mass is 284 g/mol. The van der Waals surface area contributed by atoms with E-state index in [2.05, 4.69) is 15.6 Å². The van der Waals surface area contributed by atoms with E-state index >= 15 is 0 Å². The Hall–Kier alpha value is -2.43. The highest BCUT2D eigenvalue weighted by Crippen LogP contribution is 2.04. The summed E-state index contributed by atoms with van der Waals surface area (Å²) in [6.07, 6.45) is 0.754. The average Bonchev–Trinajstić information content (AvgIpc) is 2.78. The van der Waals surface area contributed by atoms with E-state index in [1.165, 1.54) is 0 Å². The van der Waals surface area contributed by atoms with Crippen LogP contribution in [0.1, 0.15) is 30.3 Å². The predicted molar refractivity (Wildman–Crippen MR) is 83.1 cm³/mol. The van der Waals surface area contributed by atoms with Crippen molar-refractivity contribution >= 4 is 11.6 Å². The van der Waals surface area contributed by atoms with Crippen molar-refractivity contribution in [2.45, 2.75) is 33.7 Å². The van der Waals surface area contributed by atoms with Crippen molar-refractivity contribution in [2.75, 3.05) is 0 Å². The number of nitrogens with one attached hydrogen (secondary N) is 1. The minimum Gasteiger partial charge on any atom is -0.271 e. The molecule has 0 saturated carbocycles. The van der Waals surface area contributed by atoms with E-state index in [9.17, 15) is 4.79 Å². The summed E-state index contributed by atoms with van der Waals surface area (Å²) in [6.45, 7) is 6.02. The Balaban J connectivity index is 2.02. The molecule has 0 unspecified atom stereocenters. The number of aromatic nitrogens is 2. The number of benzene rings is 1. The van der Waals surface area contributed by atoms with Crippen LogP contribution in [0.4, 0.5) is 0 Å². The highest BCUT2D eigenvalue weighted by Gasteiger charge is 2.07. The lowest BCUT2D eigenvalue weighted by Gasteiger charge is -2.06. The molecule has 0 radical (unpaired) electrons. The number of aryl methyl sites for hydroxylation is 2. The Kier molecular flexibility index (Phi) is 4.87. The van der Waals surface area contributed by atoms with Crippen molar-refractivity contribution in [1.82, 2.24) is 15.2 Å². The van der Waals surface area contributed by atoms with Crippen molar-refractivity contribution in [3.63, 3.8) is 0 Å². The van der Waals surface area contributed by atoms with Crippen molar-refractivity contribution in [3.8, 4) is 0 Å². The Bertz CT molecular complexity index is 644. The van der Waals surface area contributed by atoms with Crippen LogP contribution in [0.5, 0.6) is 0 Å². The van der Waals surface area contributed by atoms with E-state index in [0.717, 1.165) is 29.1 Å². The van der Waals surface area contributed by atoms with Gasteiger partial charge in [0.1, 0.15) is 6.54 Å². The summed E-state index contributed by atoms with van der Waals surface area (Å²) in [5.41, 5.74) is 6.35. The van der Waals surface area contributed by atoms with Crippen LogP contribution < -0.4 is 5.43 Å². The zero-order chi connectivity index (χ0) is 15.2. The van der Waals surface area contributed by atoms with E-state index in [4.69, 9.17) is 0 Å². The number of amides is 1. The molecule has 21 heavy (non-hydrogen) atoms. The van der Waals surface area contributed by atoms with Gasteiger partial charge in [0.15, 0.2) is 0 Å². The molecule has 5 nitrogen and oxygen atoms in total. The second kappa shape index (κ2) is 6.83. The van der Waals surface area contributed by atoms with Crippen molar-refractivity contribution in [3.05, 3.63) is 53.3 Å². The second-order valence-corrected chi connectivity index (χ2v) is 4.90. The minimum absolute atomic E-state index is 0.176. The molecule has 110 valence electrons. The number of hydrogen-bond acceptors (Lipinski definition) is 3. The predicted octanol–water partition coefficient (Wildman–Crippen LogP) is 2.43. The molecule has 5 heteroatoms. The van der Waals surface area contributed by atoms with Crippen LogP contribution in [0, 0.1) is 13.8 Å². The quantitative estimate of drug-likeness (QED) is 0.677. The first-order chi connectivity index (χ1) is 10.1. The lowest BCUT2D eigenvalue weighted by molar-refractivity contribution is -0.121. The fourth-order valence-electron chi connectivity index (χ4n) is 2.11. The summed E-state index contributed by atoms with van der Waals surface area (Å²) in [5, 5.41) is 8.48. The lowest BCUT2D eigenvalue weighted by Crippen LogP contribution is -2.25. The van der Waals surface area contributed by atoms with E-state index in [1.54, 1.807) is 4.68 Å². The van der Waals surface area contributed by atoms with Gasteiger partial charge in [-0.1, -0.05) is 37.3 Å². The smallest absolute Gasteiger partial charge is 0.261 e. The van der Waals surface area contributed by atoms with Crippen molar-refractivity contribution in [1.29, 1.82) is 0 Å². The molecular formula is C16H20N4O. The van der Waals surface area contributed by atoms with Gasteiger partial charge in [-0.05, 0) is 31.9 Å². The van der Waals surface area contributed by atoms with E-state index in [1.807, 2.05) is 57.2 Å². The zero-order valence-corrected chi connectivity index (χ0v) is 12.6. The highest BCUT2D eigenvalue weighted by atomic mass is 16.2. The first-order valence-corrected chi connectivity index (χ1v) is 7.02. The SMILES string of the molecule is CC/C(=N/NC(=O)Cn1nc(C)cc1C)c1ccccc1. The van der Waals surface area contributed by atoms with Crippen LogP contribution in [0.2, 0.25) is 0 Å². The van der Waals surface area contributed by atoms with Gasteiger partial charge in [-0.25, -0.2) is 5.43 Å². The zero-order valence-electron chi connectivity index (χ0n) is 12.6. The number of hydrogen-bond donors (Lipinski definition) is 1. The van der Waals surface area contributed by atoms with Gasteiger partial charge in [0.2, 0.25) is 0 Å². The minimum atomic E-state index is -0.178. The molecule has 2 aromatic rings. The van der Waals surface area contributed by atoms with E-state index in [0.29, 0.717) is 0 Å². The molecule has 1 N–H and O–H groups in total. The van der Waals surface area contributed by atoms with Gasteiger partial charge in [-0.2, -0.15) is 10.2 Å². The maximum atomic E-state index is 11.9. The first-order valence-electron chi connectivity index (χ1n) is 7.02. The summed E-state index contributed by atoms with van der Waals surface area (Å²) in [4.78, 5) is 11.9. The van der Waals surface area contributed by atoms with Crippen LogP contribution in [0.3, 0.4) is 0 Å². The largest absolute Gasteiger partial charge is 0.271 e. The van der Waals surface area contributed by atoms with Crippen LogP contribution >= 0.6 is 0 Å². The third-order valence-electron chi connectivity index (χ3n) is 3.15. The number of carbonyl (C=O) groups excluding carboxylic acids is 1. The summed E-state index contributed by atoms with van der Waals surface area (Å²) in [5.74, 6) is -0.178. The molecule has 0 aliphatic heterocycles. The third kappa shape index (κ3) is 4.02. The molecule has 0 atom stereocenters. The molecule has 0 aliphatic carbocycles. The number of carbonyl (C=O) groups is 1. The molecular weight excluding hydrogens is 264 g/mol. The van der Waals surface area contributed by atoms with Gasteiger partial charge < -0.3 is 0 Å². The molecule has 0 fully saturated rings. The summed E-state index contributed by atoms with van der Waals surface area (Å²) >= 11 is 0. The van der Waals surface area contributed by atoms with Gasteiger partial charge in [-0.3, -0.25) is 9.48 Å². The fraction of sp³-hybridized carbons (Fsp3) is 0.312. The Morgan fingerprint density at radius 3 is 2.57 bits per heavy atom. The molecule has 1 aromatic carbocycles. The molecule has 0 bridgehead atoms. The fourth-order valence-corrected chi connectivity index (χ4v) is 2.11. The number of nitrogens with zero attached hydrogens (tertiary/aromatic N) is 3. The van der Waals surface area contributed by atoms with E-state index < -0.39 is 0 Å². The standard InChI is InChI=1S/C16H20N4O/c1-4-15(14-8-6-5-7-9-14)17-18-16(21)11-20-13(3)10-12(2)19-20/h5-10H,4,11H2,1-3H3,(H,18,21)/b17-15-. The number of hydrazone groups is 1. The van der Waals surface area contributed by atoms with E-state index in [-0.39, 0.29) is 12.5 Å². The molecule has 1 amide bonds. The first kappa shape index (κ1) is 15.0. The topological polar surface area (TPSA) is 59.3 Å². The van der Waals surface area contributed by atoms with Crippen molar-refractivity contribution in [2.24, 2.45) is 5.10 Å².